The molecule has 8 heteroatoms. The second-order valence-electron chi connectivity index (χ2n) is 8.71. The number of carbonyl (C=O) groups excluding carboxylic acids is 1. The number of hydrogen-bond donors (Lipinski definition) is 2. The van der Waals surface area contributed by atoms with Crippen molar-refractivity contribution in [3.8, 4) is 0 Å². The first kappa shape index (κ1) is 22.2. The Hall–Kier alpha value is -2.09. The van der Waals surface area contributed by atoms with Crippen molar-refractivity contribution in [2.24, 2.45) is 11.8 Å². The summed E-state index contributed by atoms with van der Waals surface area (Å²) in [6.45, 7) is 11.9. The van der Waals surface area contributed by atoms with Crippen molar-refractivity contribution in [1.29, 1.82) is 0 Å². The highest BCUT2D eigenvalue weighted by Crippen LogP contribution is 2.21. The van der Waals surface area contributed by atoms with Gasteiger partial charge in [-0.1, -0.05) is 34.1 Å². The lowest BCUT2D eigenvalue weighted by molar-refractivity contribution is -0.120. The summed E-state index contributed by atoms with van der Waals surface area (Å²) in [7, 11) is 0. The zero-order valence-electron chi connectivity index (χ0n) is 17.8. The maximum absolute atomic E-state index is 13.2. The third-order valence-electron chi connectivity index (χ3n) is 5.16. The van der Waals surface area contributed by atoms with Crippen LogP contribution in [0.2, 0.25) is 0 Å². The van der Waals surface area contributed by atoms with Crippen LogP contribution in [0.3, 0.4) is 0 Å². The molecule has 0 aromatic carbocycles. The Morgan fingerprint density at radius 1 is 1.21 bits per heavy atom. The fraction of sp³-hybridized carbons (Fsp3) is 0.750. The number of hydrogen-bond acceptors (Lipinski definition) is 5. The molecule has 1 aromatic rings. The molecule has 1 aliphatic rings. The maximum Gasteiger partial charge on any atom is 0.330 e. The van der Waals surface area contributed by atoms with Gasteiger partial charge in [0.1, 0.15) is 5.82 Å². The lowest BCUT2D eigenvalue weighted by Gasteiger charge is -2.35. The smallest absolute Gasteiger partial charge is 0.330 e. The van der Waals surface area contributed by atoms with Crippen molar-refractivity contribution in [3.05, 3.63) is 20.8 Å². The molecule has 1 unspecified atom stereocenters. The Bertz CT molecular complexity index is 796. The number of nitrogens with two attached hydrogens (primary N) is 1. The zero-order valence-corrected chi connectivity index (χ0v) is 17.8. The van der Waals surface area contributed by atoms with Gasteiger partial charge in [-0.05, 0) is 38.1 Å². The van der Waals surface area contributed by atoms with Crippen molar-refractivity contribution < 1.29 is 4.79 Å². The molecule has 158 valence electrons. The van der Waals surface area contributed by atoms with Gasteiger partial charge in [0.2, 0.25) is 5.91 Å². The number of aromatic nitrogens is 2. The second kappa shape index (κ2) is 9.41. The van der Waals surface area contributed by atoms with Crippen molar-refractivity contribution in [3.63, 3.8) is 0 Å². The normalized spacial score (nSPS) is 18.0. The van der Waals surface area contributed by atoms with Crippen molar-refractivity contribution in [2.45, 2.75) is 66.5 Å². The Morgan fingerprint density at radius 2 is 1.89 bits per heavy atom. The molecule has 2 heterocycles. The maximum atomic E-state index is 13.2. The van der Waals surface area contributed by atoms with Crippen LogP contribution in [0.1, 0.15) is 53.9 Å². The van der Waals surface area contributed by atoms with Gasteiger partial charge in [0.25, 0.3) is 5.56 Å². The lowest BCUT2D eigenvalue weighted by Crippen LogP contribution is -2.49. The van der Waals surface area contributed by atoms with Gasteiger partial charge < -0.3 is 10.6 Å². The molecule has 3 N–H and O–H groups in total. The van der Waals surface area contributed by atoms with Gasteiger partial charge in [-0.2, -0.15) is 0 Å². The van der Waals surface area contributed by atoms with Crippen molar-refractivity contribution in [1.82, 2.24) is 14.5 Å². The van der Waals surface area contributed by atoms with E-state index in [0.717, 1.165) is 19.4 Å². The van der Waals surface area contributed by atoms with E-state index in [0.29, 0.717) is 19.1 Å². The number of carbonyl (C=O) groups is 1. The molecule has 1 atom stereocenters. The second-order valence-corrected chi connectivity index (χ2v) is 8.71. The van der Waals surface area contributed by atoms with Gasteiger partial charge in [-0.15, -0.1) is 0 Å². The molecule has 2 rings (SSSR count). The summed E-state index contributed by atoms with van der Waals surface area (Å²) >= 11 is 0. The van der Waals surface area contributed by atoms with Crippen LogP contribution in [0.4, 0.5) is 11.5 Å². The molecule has 0 aliphatic carbocycles. The van der Waals surface area contributed by atoms with Crippen LogP contribution < -0.4 is 21.9 Å². The van der Waals surface area contributed by atoms with E-state index in [1.54, 1.807) is 0 Å². The fourth-order valence-corrected chi connectivity index (χ4v) is 3.72. The molecule has 8 nitrogen and oxygen atoms in total. The fourth-order valence-electron chi connectivity index (χ4n) is 3.72. The van der Waals surface area contributed by atoms with Crippen LogP contribution in [0, 0.1) is 11.8 Å². The van der Waals surface area contributed by atoms with E-state index in [9.17, 15) is 14.4 Å². The molecular weight excluding hydrogens is 358 g/mol. The van der Waals surface area contributed by atoms with Crippen LogP contribution in [-0.4, -0.2) is 46.0 Å². The van der Waals surface area contributed by atoms with Crippen LogP contribution in [0.25, 0.3) is 0 Å². The number of likely N-dealkylation sites (tertiary alicyclic amines) is 1. The average Bonchev–Trinajstić information content (AvgIpc) is 2.59. The number of H-pyrrole nitrogens is 1. The number of nitrogens with zero attached hydrogens (tertiary/aromatic N) is 3. The molecule has 0 saturated carbocycles. The molecule has 0 spiro atoms. The Kier molecular flexibility index (Phi) is 7.46. The van der Waals surface area contributed by atoms with E-state index < -0.39 is 11.2 Å². The third kappa shape index (κ3) is 5.25. The molecule has 1 aliphatic heterocycles. The average molecular weight is 394 g/mol. The number of aromatic amines is 1. The summed E-state index contributed by atoms with van der Waals surface area (Å²) in [5, 5.41) is 0. The van der Waals surface area contributed by atoms with E-state index in [1.807, 2.05) is 27.7 Å². The monoisotopic (exact) mass is 393 g/mol. The van der Waals surface area contributed by atoms with Gasteiger partial charge >= 0.3 is 5.69 Å². The molecule has 1 saturated heterocycles. The first-order valence-electron chi connectivity index (χ1n) is 10.3. The summed E-state index contributed by atoms with van der Waals surface area (Å²) in [6.07, 6.45) is 3.32. The van der Waals surface area contributed by atoms with Crippen molar-refractivity contribution in [2.75, 3.05) is 30.3 Å². The SMILES string of the molecule is CC(C)CN(C(=O)CN1CCCCC1C)c1c(N)n(CC(C)C)c(=O)[nH]c1=O. The molecule has 1 aromatic heterocycles. The third-order valence-corrected chi connectivity index (χ3v) is 5.16. The standard InChI is InChI=1S/C20H35N5O3/c1-13(2)10-24(16(26)12-23-9-7-6-8-15(23)5)17-18(21)25(11-14(3)4)20(28)22-19(17)27/h13-15H,6-12,21H2,1-5H3,(H,22,27,28). The Balaban J connectivity index is 2.43. The van der Waals surface area contributed by atoms with Gasteiger partial charge in [-0.3, -0.25) is 24.0 Å². The van der Waals surface area contributed by atoms with Crippen LogP contribution >= 0.6 is 0 Å². The summed E-state index contributed by atoms with van der Waals surface area (Å²) in [5.41, 5.74) is 5.18. The largest absolute Gasteiger partial charge is 0.383 e. The highest BCUT2D eigenvalue weighted by atomic mass is 16.2. The van der Waals surface area contributed by atoms with E-state index in [2.05, 4.69) is 16.8 Å². The number of nitrogen functional groups attached to an aromatic ring is 1. The van der Waals surface area contributed by atoms with Crippen LogP contribution in [-0.2, 0) is 11.3 Å². The summed E-state index contributed by atoms with van der Waals surface area (Å²) in [4.78, 5) is 44.0. The number of nitrogens with one attached hydrogen (secondary N) is 1. The number of piperidine rings is 1. The minimum atomic E-state index is -0.608. The van der Waals surface area contributed by atoms with Gasteiger partial charge in [0.05, 0.1) is 6.54 Å². The summed E-state index contributed by atoms with van der Waals surface area (Å²) < 4.78 is 1.35. The topological polar surface area (TPSA) is 104 Å². The predicted octanol–water partition coefficient (Wildman–Crippen LogP) is 1.64. The van der Waals surface area contributed by atoms with E-state index in [-0.39, 0.29) is 35.8 Å². The molecule has 0 bridgehead atoms. The van der Waals surface area contributed by atoms with Crippen LogP contribution in [0.5, 0.6) is 0 Å². The van der Waals surface area contributed by atoms with E-state index in [4.69, 9.17) is 5.73 Å². The number of anilines is 2. The number of amides is 1. The lowest BCUT2D eigenvalue weighted by atomic mass is 10.0. The first-order valence-corrected chi connectivity index (χ1v) is 10.3. The van der Waals surface area contributed by atoms with Gasteiger partial charge in [-0.25, -0.2) is 4.79 Å². The Labute approximate surface area is 166 Å². The highest BCUT2D eigenvalue weighted by molar-refractivity contribution is 5.96. The van der Waals surface area contributed by atoms with Crippen molar-refractivity contribution >= 4 is 17.4 Å². The predicted molar refractivity (Wildman–Crippen MR) is 113 cm³/mol. The quantitative estimate of drug-likeness (QED) is 0.733. The molecule has 0 radical (unpaired) electrons. The minimum Gasteiger partial charge on any atom is -0.383 e. The van der Waals surface area contributed by atoms with Crippen LogP contribution in [0.15, 0.2) is 9.59 Å². The molecule has 1 amide bonds. The highest BCUT2D eigenvalue weighted by Gasteiger charge is 2.28. The Morgan fingerprint density at radius 3 is 2.46 bits per heavy atom. The van der Waals surface area contributed by atoms with E-state index >= 15 is 0 Å². The minimum absolute atomic E-state index is 0.0585. The molecular formula is C20H35N5O3. The van der Waals surface area contributed by atoms with E-state index in [1.165, 1.54) is 15.9 Å². The molecule has 28 heavy (non-hydrogen) atoms. The zero-order chi connectivity index (χ0) is 21.0. The first-order chi connectivity index (χ1) is 13.1. The van der Waals surface area contributed by atoms with Gasteiger partial charge in [0.15, 0.2) is 5.69 Å². The number of rotatable bonds is 7. The summed E-state index contributed by atoms with van der Waals surface area (Å²) in [5.74, 6) is 0.215. The summed E-state index contributed by atoms with van der Waals surface area (Å²) in [6, 6.07) is 0.337. The van der Waals surface area contributed by atoms with Gasteiger partial charge in [0, 0.05) is 19.1 Å². The molecule has 1 fully saturated rings.